The Balaban J connectivity index is 1.77. The van der Waals surface area contributed by atoms with E-state index in [0.717, 1.165) is 29.2 Å². The van der Waals surface area contributed by atoms with Crippen molar-refractivity contribution in [3.63, 3.8) is 0 Å². The highest BCUT2D eigenvalue weighted by Gasteiger charge is 2.38. The van der Waals surface area contributed by atoms with Crippen LogP contribution in [-0.2, 0) is 12.7 Å². The minimum absolute atomic E-state index is 0.0214. The highest BCUT2D eigenvalue weighted by molar-refractivity contribution is 5.95. The van der Waals surface area contributed by atoms with Crippen LogP contribution >= 0.6 is 0 Å². The third kappa shape index (κ3) is 3.66. The minimum atomic E-state index is -4.61. The number of ketones is 1. The van der Waals surface area contributed by atoms with Crippen molar-refractivity contribution in [3.8, 4) is 0 Å². The lowest BCUT2D eigenvalue weighted by atomic mass is 10.1. The zero-order chi connectivity index (χ0) is 18.2. The third-order valence-electron chi connectivity index (χ3n) is 5.44. The second kappa shape index (κ2) is 6.94. The summed E-state index contributed by atoms with van der Waals surface area (Å²) in [4.78, 5) is 26.6. The first-order valence-corrected chi connectivity index (χ1v) is 8.89. The van der Waals surface area contributed by atoms with Crippen LogP contribution < -0.4 is 5.56 Å². The maximum atomic E-state index is 13.2. The van der Waals surface area contributed by atoms with E-state index in [1.807, 2.05) is 0 Å². The van der Waals surface area contributed by atoms with Crippen LogP contribution in [0.25, 0.3) is 0 Å². The van der Waals surface area contributed by atoms with Gasteiger partial charge in [-0.3, -0.25) is 9.59 Å². The van der Waals surface area contributed by atoms with Gasteiger partial charge in [-0.25, -0.2) is 0 Å². The average molecular weight is 356 g/mol. The molecule has 2 fully saturated rings. The lowest BCUT2D eigenvalue weighted by Crippen LogP contribution is -2.35. The molecule has 2 aliphatic rings. The van der Waals surface area contributed by atoms with Gasteiger partial charge < -0.3 is 9.47 Å². The number of hydrogen-bond donors (Lipinski definition) is 0. The topological polar surface area (TPSA) is 42.3 Å². The molecule has 1 aliphatic carbocycles. The molecule has 7 heteroatoms. The Kier molecular flexibility index (Phi) is 5.04. The smallest absolute Gasteiger partial charge is 0.304 e. The van der Waals surface area contributed by atoms with Crippen molar-refractivity contribution >= 4 is 5.78 Å². The van der Waals surface area contributed by atoms with E-state index in [1.54, 1.807) is 6.92 Å². The van der Waals surface area contributed by atoms with E-state index in [9.17, 15) is 22.8 Å². The van der Waals surface area contributed by atoms with Crippen molar-refractivity contribution in [1.82, 2.24) is 9.47 Å². The van der Waals surface area contributed by atoms with Gasteiger partial charge in [-0.1, -0.05) is 6.92 Å². The fraction of sp³-hybridized carbons (Fsp3) is 0.667. The van der Waals surface area contributed by atoms with Crippen molar-refractivity contribution in [1.29, 1.82) is 0 Å². The van der Waals surface area contributed by atoms with Gasteiger partial charge in [-0.15, -0.1) is 0 Å². The van der Waals surface area contributed by atoms with Crippen LogP contribution in [0, 0.1) is 5.92 Å². The highest BCUT2D eigenvalue weighted by Crippen LogP contribution is 2.37. The fourth-order valence-corrected chi connectivity index (χ4v) is 4.18. The lowest BCUT2D eigenvalue weighted by Gasteiger charge is -2.27. The number of Topliss-reactive ketones (excluding diaryl/α,β-unsaturated/α-hetero) is 1. The molecule has 1 aromatic rings. The molecule has 2 atom stereocenters. The Morgan fingerprint density at radius 1 is 1.24 bits per heavy atom. The molecule has 1 aliphatic heterocycles. The molecule has 1 saturated carbocycles. The Bertz CT molecular complexity index is 711. The van der Waals surface area contributed by atoms with Gasteiger partial charge in [0.05, 0.1) is 5.56 Å². The van der Waals surface area contributed by atoms with E-state index in [-0.39, 0.29) is 18.5 Å². The van der Waals surface area contributed by atoms with Gasteiger partial charge in [0.1, 0.15) is 5.69 Å². The zero-order valence-electron chi connectivity index (χ0n) is 14.3. The van der Waals surface area contributed by atoms with Crippen LogP contribution in [0.1, 0.15) is 55.1 Å². The van der Waals surface area contributed by atoms with Crippen molar-refractivity contribution in [2.45, 2.75) is 57.8 Å². The van der Waals surface area contributed by atoms with Crippen LogP contribution in [0.3, 0.4) is 0 Å². The second-order valence-corrected chi connectivity index (χ2v) is 7.04. The first kappa shape index (κ1) is 18.2. The van der Waals surface area contributed by atoms with Crippen molar-refractivity contribution in [3.05, 3.63) is 33.7 Å². The number of carbonyl (C=O) groups excluding carboxylic acids is 1. The van der Waals surface area contributed by atoms with Crippen molar-refractivity contribution in [2.75, 3.05) is 13.1 Å². The van der Waals surface area contributed by atoms with Gasteiger partial charge in [-0.05, 0) is 43.7 Å². The number of halogens is 3. The lowest BCUT2D eigenvalue weighted by molar-refractivity contribution is -0.144. The summed E-state index contributed by atoms with van der Waals surface area (Å²) >= 11 is 0. The quantitative estimate of drug-likeness (QED) is 0.734. The largest absolute Gasteiger partial charge is 0.431 e. The molecule has 138 valence electrons. The Hall–Kier alpha value is -1.63. The van der Waals surface area contributed by atoms with Gasteiger partial charge in [0.25, 0.3) is 5.56 Å². The molecule has 25 heavy (non-hydrogen) atoms. The Morgan fingerprint density at radius 3 is 2.56 bits per heavy atom. The van der Waals surface area contributed by atoms with Crippen LogP contribution in [0.5, 0.6) is 0 Å². The van der Waals surface area contributed by atoms with Crippen LogP contribution in [0.2, 0.25) is 0 Å². The van der Waals surface area contributed by atoms with E-state index >= 15 is 0 Å². The van der Waals surface area contributed by atoms with Gasteiger partial charge in [-0.2, -0.15) is 13.2 Å². The van der Waals surface area contributed by atoms with Gasteiger partial charge in [0.15, 0.2) is 5.78 Å². The molecule has 0 amide bonds. The van der Waals surface area contributed by atoms with E-state index in [4.69, 9.17) is 0 Å². The summed E-state index contributed by atoms with van der Waals surface area (Å²) < 4.78 is 40.4. The SMILES string of the molecule is CCC(=O)c1ccc(C(F)(F)F)n(CCCN2CC3CCC2C3)c1=O. The van der Waals surface area contributed by atoms with Gasteiger partial charge in [0.2, 0.25) is 0 Å². The van der Waals surface area contributed by atoms with E-state index in [2.05, 4.69) is 4.90 Å². The molecule has 0 N–H and O–H groups in total. The maximum Gasteiger partial charge on any atom is 0.431 e. The molecular weight excluding hydrogens is 333 g/mol. The summed E-state index contributed by atoms with van der Waals surface area (Å²) in [7, 11) is 0. The summed E-state index contributed by atoms with van der Waals surface area (Å²) in [5, 5.41) is 0. The Morgan fingerprint density at radius 2 is 2.00 bits per heavy atom. The number of fused-ring (bicyclic) bond motifs is 2. The third-order valence-corrected chi connectivity index (χ3v) is 5.44. The number of pyridine rings is 1. The molecule has 0 aromatic carbocycles. The molecule has 3 rings (SSSR count). The van der Waals surface area contributed by atoms with Crippen molar-refractivity contribution < 1.29 is 18.0 Å². The predicted molar refractivity (Wildman–Crippen MR) is 87.6 cm³/mol. The number of aromatic nitrogens is 1. The average Bonchev–Trinajstić information content (AvgIpc) is 3.17. The summed E-state index contributed by atoms with van der Waals surface area (Å²) in [6.07, 6.45) is -0.444. The summed E-state index contributed by atoms with van der Waals surface area (Å²) in [6, 6.07) is 2.41. The van der Waals surface area contributed by atoms with Crippen molar-refractivity contribution in [2.24, 2.45) is 5.92 Å². The second-order valence-electron chi connectivity index (χ2n) is 7.04. The summed E-state index contributed by atoms with van der Waals surface area (Å²) in [5.41, 5.74) is -1.96. The standard InChI is InChI=1S/C18H23F3N2O2/c1-2-15(24)14-6-7-16(18(19,20)21)23(17(14)25)9-3-8-22-11-12-4-5-13(22)10-12/h6-7,12-13H,2-5,8-11H2,1H3. The van der Waals surface area contributed by atoms with E-state index in [0.29, 0.717) is 19.0 Å². The molecule has 0 spiro atoms. The number of rotatable bonds is 6. The molecule has 2 bridgehead atoms. The highest BCUT2D eigenvalue weighted by atomic mass is 19.4. The number of alkyl halides is 3. The van der Waals surface area contributed by atoms with Crippen LogP contribution in [-0.4, -0.2) is 34.4 Å². The first-order chi connectivity index (χ1) is 11.8. The van der Waals surface area contributed by atoms with E-state index in [1.165, 1.54) is 19.3 Å². The number of nitrogens with zero attached hydrogens (tertiary/aromatic N) is 2. The molecule has 1 aromatic heterocycles. The molecular formula is C18H23F3N2O2. The molecule has 1 saturated heterocycles. The summed E-state index contributed by atoms with van der Waals surface area (Å²) in [5.74, 6) is 0.299. The van der Waals surface area contributed by atoms with Crippen LogP contribution in [0.15, 0.2) is 16.9 Å². The first-order valence-electron chi connectivity index (χ1n) is 8.89. The molecule has 2 unspecified atom stereocenters. The number of likely N-dealkylation sites (tertiary alicyclic amines) is 1. The summed E-state index contributed by atoms with van der Waals surface area (Å²) in [6.45, 7) is 3.27. The predicted octanol–water partition coefficient (Wildman–Crippen LogP) is 3.33. The maximum absolute atomic E-state index is 13.2. The molecule has 2 heterocycles. The Labute approximate surface area is 144 Å². The van der Waals surface area contributed by atoms with Gasteiger partial charge >= 0.3 is 6.18 Å². The normalized spacial score (nSPS) is 23.4. The minimum Gasteiger partial charge on any atom is -0.304 e. The monoisotopic (exact) mass is 356 g/mol. The van der Waals surface area contributed by atoms with Gasteiger partial charge in [0, 0.05) is 32.1 Å². The molecule has 4 nitrogen and oxygen atoms in total. The zero-order valence-corrected chi connectivity index (χ0v) is 14.3. The number of carbonyl (C=O) groups is 1. The van der Waals surface area contributed by atoms with E-state index < -0.39 is 23.2 Å². The molecule has 0 radical (unpaired) electrons. The number of hydrogen-bond acceptors (Lipinski definition) is 3. The fourth-order valence-electron chi connectivity index (χ4n) is 4.18. The van der Waals surface area contributed by atoms with Crippen LogP contribution in [0.4, 0.5) is 13.2 Å². The number of piperidine rings is 1.